The number of amides is 1. The Labute approximate surface area is 95.5 Å². The molecular weight excluding hydrogens is 218 g/mol. The normalized spacial score (nSPS) is 22.1. The molecule has 1 amide bonds. The summed E-state index contributed by atoms with van der Waals surface area (Å²) in [6, 6.07) is -0.0105. The summed E-state index contributed by atoms with van der Waals surface area (Å²) < 4.78 is 10.5. The number of carbonyl (C=O) groups excluding carboxylic acids is 1. The summed E-state index contributed by atoms with van der Waals surface area (Å²) in [5.74, 6) is 0.408. The van der Waals surface area contributed by atoms with E-state index in [1.54, 1.807) is 4.90 Å². The van der Waals surface area contributed by atoms with Crippen molar-refractivity contribution in [2.75, 3.05) is 32.2 Å². The molecule has 88 valence electrons. The number of hydrogen-bond donors (Lipinski definition) is 0. The Kier molecular flexibility index (Phi) is 5.36. The van der Waals surface area contributed by atoms with Crippen molar-refractivity contribution in [1.82, 2.24) is 4.90 Å². The lowest BCUT2D eigenvalue weighted by Crippen LogP contribution is -2.51. The van der Waals surface area contributed by atoms with Crippen molar-refractivity contribution in [2.45, 2.75) is 26.0 Å². The molecule has 15 heavy (non-hydrogen) atoms. The fraction of sp³-hybridized carbons (Fsp3) is 0.900. The molecule has 0 bridgehead atoms. The summed E-state index contributed by atoms with van der Waals surface area (Å²) in [7, 11) is 0. The smallest absolute Gasteiger partial charge is 0.249 e. The third-order valence-electron chi connectivity index (χ3n) is 2.27. The maximum Gasteiger partial charge on any atom is 0.249 e. The third-order valence-corrected chi connectivity index (χ3v) is 2.62. The first-order chi connectivity index (χ1) is 7.15. The van der Waals surface area contributed by atoms with Gasteiger partial charge in [0.05, 0.1) is 25.4 Å². The van der Waals surface area contributed by atoms with Gasteiger partial charge < -0.3 is 14.4 Å². The molecule has 0 aliphatic carbocycles. The molecular formula is C10H18ClNO3. The molecule has 0 N–H and O–H groups in total. The number of carbonyl (C=O) groups is 1. The Morgan fingerprint density at radius 1 is 1.67 bits per heavy atom. The zero-order chi connectivity index (χ0) is 11.3. The molecule has 1 rings (SSSR count). The summed E-state index contributed by atoms with van der Waals surface area (Å²) >= 11 is 5.77. The Hall–Kier alpha value is -0.320. The van der Waals surface area contributed by atoms with Gasteiger partial charge in [0, 0.05) is 12.4 Å². The highest BCUT2D eigenvalue weighted by atomic mass is 35.5. The fourth-order valence-corrected chi connectivity index (χ4v) is 1.69. The van der Waals surface area contributed by atoms with E-state index in [9.17, 15) is 4.79 Å². The first-order valence-corrected chi connectivity index (χ1v) is 5.73. The SMILES string of the molecule is CC(C)OCC(=O)N1CCOCC1CCl. The molecule has 1 unspecified atom stereocenters. The first-order valence-electron chi connectivity index (χ1n) is 5.20. The highest BCUT2D eigenvalue weighted by molar-refractivity contribution is 6.18. The van der Waals surface area contributed by atoms with Crippen LogP contribution in [0.3, 0.4) is 0 Å². The van der Waals surface area contributed by atoms with E-state index < -0.39 is 0 Å². The lowest BCUT2D eigenvalue weighted by atomic mass is 10.2. The van der Waals surface area contributed by atoms with Crippen molar-refractivity contribution in [3.63, 3.8) is 0 Å². The molecule has 1 aliphatic rings. The minimum Gasteiger partial charge on any atom is -0.377 e. The van der Waals surface area contributed by atoms with Gasteiger partial charge in [0.2, 0.25) is 5.91 Å². The Morgan fingerprint density at radius 2 is 2.40 bits per heavy atom. The summed E-state index contributed by atoms with van der Waals surface area (Å²) in [6.07, 6.45) is 0.0736. The van der Waals surface area contributed by atoms with Crippen LogP contribution in [0.5, 0.6) is 0 Å². The lowest BCUT2D eigenvalue weighted by molar-refractivity contribution is -0.145. The molecule has 0 saturated carbocycles. The zero-order valence-corrected chi connectivity index (χ0v) is 10.00. The van der Waals surface area contributed by atoms with Crippen LogP contribution in [0.25, 0.3) is 0 Å². The first kappa shape index (κ1) is 12.7. The minimum atomic E-state index is -0.0105. The molecule has 0 aromatic carbocycles. The van der Waals surface area contributed by atoms with Gasteiger partial charge in [0.1, 0.15) is 6.61 Å². The molecule has 5 heteroatoms. The van der Waals surface area contributed by atoms with E-state index in [0.29, 0.717) is 25.6 Å². The van der Waals surface area contributed by atoms with Crippen molar-refractivity contribution < 1.29 is 14.3 Å². The van der Waals surface area contributed by atoms with E-state index in [0.717, 1.165) is 0 Å². The summed E-state index contributed by atoms with van der Waals surface area (Å²) in [4.78, 5) is 13.5. The van der Waals surface area contributed by atoms with Gasteiger partial charge in [-0.3, -0.25) is 4.79 Å². The predicted octanol–water partition coefficient (Wildman–Crippen LogP) is 0.878. The van der Waals surface area contributed by atoms with Crippen LogP contribution in [0.15, 0.2) is 0 Å². The molecule has 0 radical (unpaired) electrons. The Morgan fingerprint density at radius 3 is 3.00 bits per heavy atom. The second-order valence-electron chi connectivity index (χ2n) is 3.83. The van der Waals surface area contributed by atoms with E-state index in [4.69, 9.17) is 21.1 Å². The van der Waals surface area contributed by atoms with Gasteiger partial charge in [-0.2, -0.15) is 0 Å². The molecule has 1 fully saturated rings. The maximum absolute atomic E-state index is 11.8. The summed E-state index contributed by atoms with van der Waals surface area (Å²) in [5.41, 5.74) is 0. The number of morpholine rings is 1. The Bertz CT molecular complexity index is 211. The maximum atomic E-state index is 11.8. The van der Waals surface area contributed by atoms with Gasteiger partial charge >= 0.3 is 0 Å². The number of hydrogen-bond acceptors (Lipinski definition) is 3. The van der Waals surface area contributed by atoms with Crippen LogP contribution in [0, 0.1) is 0 Å². The molecule has 0 spiro atoms. The van der Waals surface area contributed by atoms with E-state index in [2.05, 4.69) is 0 Å². The summed E-state index contributed by atoms with van der Waals surface area (Å²) in [5, 5.41) is 0. The molecule has 1 heterocycles. The highest BCUT2D eigenvalue weighted by Gasteiger charge is 2.26. The third kappa shape index (κ3) is 3.97. The quantitative estimate of drug-likeness (QED) is 0.679. The number of rotatable bonds is 4. The average molecular weight is 236 g/mol. The molecule has 1 aliphatic heterocycles. The molecule has 0 aromatic rings. The van der Waals surface area contributed by atoms with Crippen LogP contribution < -0.4 is 0 Å². The molecule has 4 nitrogen and oxygen atoms in total. The topological polar surface area (TPSA) is 38.8 Å². The van der Waals surface area contributed by atoms with Gasteiger partial charge in [0.25, 0.3) is 0 Å². The van der Waals surface area contributed by atoms with Crippen LogP contribution in [0.1, 0.15) is 13.8 Å². The molecule has 1 atom stereocenters. The van der Waals surface area contributed by atoms with Crippen LogP contribution in [0.4, 0.5) is 0 Å². The number of alkyl halides is 1. The monoisotopic (exact) mass is 235 g/mol. The van der Waals surface area contributed by atoms with Crippen LogP contribution >= 0.6 is 11.6 Å². The van der Waals surface area contributed by atoms with E-state index in [1.165, 1.54) is 0 Å². The predicted molar refractivity (Wildman–Crippen MR) is 58.1 cm³/mol. The molecule has 0 aromatic heterocycles. The van der Waals surface area contributed by atoms with Crippen molar-refractivity contribution in [2.24, 2.45) is 0 Å². The van der Waals surface area contributed by atoms with E-state index in [1.807, 2.05) is 13.8 Å². The lowest BCUT2D eigenvalue weighted by Gasteiger charge is -2.34. The van der Waals surface area contributed by atoms with Crippen molar-refractivity contribution in [1.29, 1.82) is 0 Å². The van der Waals surface area contributed by atoms with Crippen molar-refractivity contribution >= 4 is 17.5 Å². The second kappa shape index (κ2) is 6.30. The zero-order valence-electron chi connectivity index (χ0n) is 9.24. The van der Waals surface area contributed by atoms with Gasteiger partial charge in [-0.1, -0.05) is 0 Å². The highest BCUT2D eigenvalue weighted by Crippen LogP contribution is 2.09. The Balaban J connectivity index is 2.41. The number of nitrogens with zero attached hydrogens (tertiary/aromatic N) is 1. The minimum absolute atomic E-state index is 0.00218. The van der Waals surface area contributed by atoms with Crippen LogP contribution in [0.2, 0.25) is 0 Å². The largest absolute Gasteiger partial charge is 0.377 e. The van der Waals surface area contributed by atoms with Crippen LogP contribution in [-0.4, -0.2) is 55.2 Å². The van der Waals surface area contributed by atoms with Gasteiger partial charge in [-0.05, 0) is 13.8 Å². The standard InChI is InChI=1S/C10H18ClNO3/c1-8(2)15-7-10(13)12-3-4-14-6-9(12)5-11/h8-9H,3-7H2,1-2H3. The average Bonchev–Trinajstić information content (AvgIpc) is 2.25. The number of ether oxygens (including phenoxy) is 2. The van der Waals surface area contributed by atoms with E-state index >= 15 is 0 Å². The summed E-state index contributed by atoms with van der Waals surface area (Å²) in [6.45, 7) is 5.66. The fourth-order valence-electron chi connectivity index (χ4n) is 1.43. The second-order valence-corrected chi connectivity index (χ2v) is 4.14. The van der Waals surface area contributed by atoms with Crippen LogP contribution in [-0.2, 0) is 14.3 Å². The van der Waals surface area contributed by atoms with Gasteiger partial charge in [-0.25, -0.2) is 0 Å². The van der Waals surface area contributed by atoms with Gasteiger partial charge in [0.15, 0.2) is 0 Å². The molecule has 1 saturated heterocycles. The van der Waals surface area contributed by atoms with Gasteiger partial charge in [-0.15, -0.1) is 11.6 Å². The van der Waals surface area contributed by atoms with Crippen molar-refractivity contribution in [3.8, 4) is 0 Å². The van der Waals surface area contributed by atoms with Crippen molar-refractivity contribution in [3.05, 3.63) is 0 Å². The number of halogens is 1. The van der Waals surface area contributed by atoms with E-state index in [-0.39, 0.29) is 24.7 Å².